The predicted molar refractivity (Wildman–Crippen MR) is 95.4 cm³/mol. The monoisotopic (exact) mass is 334 g/mol. The van der Waals surface area contributed by atoms with Crippen LogP contribution in [0.5, 0.6) is 0 Å². The van der Waals surface area contributed by atoms with E-state index in [0.29, 0.717) is 5.92 Å². The molecule has 0 aliphatic heterocycles. The van der Waals surface area contributed by atoms with Crippen molar-refractivity contribution in [3.8, 4) is 0 Å². The van der Waals surface area contributed by atoms with E-state index in [9.17, 15) is 14.7 Å². The van der Waals surface area contributed by atoms with Crippen molar-refractivity contribution >= 4 is 11.9 Å². The topological polar surface area (TPSA) is 63.6 Å². The van der Waals surface area contributed by atoms with Crippen LogP contribution in [0.2, 0.25) is 0 Å². The number of carbonyl (C=O) groups excluding carboxylic acids is 1. The van der Waals surface area contributed by atoms with Gasteiger partial charge in [-0.1, -0.05) is 65.0 Å². The molecule has 2 atom stereocenters. The summed E-state index contributed by atoms with van der Waals surface area (Å²) in [7, 11) is 0. The van der Waals surface area contributed by atoms with Crippen LogP contribution in [0.15, 0.2) is 24.3 Å². The van der Waals surface area contributed by atoms with Crippen molar-refractivity contribution < 1.29 is 19.4 Å². The highest BCUT2D eigenvalue weighted by molar-refractivity contribution is 6.02. The number of unbranched alkanes of at least 4 members (excludes halogenated alkanes) is 1. The van der Waals surface area contributed by atoms with Gasteiger partial charge in [0.05, 0.1) is 11.1 Å². The number of aromatic carboxylic acids is 1. The van der Waals surface area contributed by atoms with Gasteiger partial charge < -0.3 is 9.84 Å². The van der Waals surface area contributed by atoms with Gasteiger partial charge in [-0.3, -0.25) is 0 Å². The maximum atomic E-state index is 12.5. The molecule has 0 saturated heterocycles. The number of carboxylic acid groups (broad SMARTS) is 1. The molecule has 0 amide bonds. The van der Waals surface area contributed by atoms with Crippen LogP contribution in [0.1, 0.15) is 86.4 Å². The van der Waals surface area contributed by atoms with Gasteiger partial charge in [-0.15, -0.1) is 0 Å². The van der Waals surface area contributed by atoms with Crippen LogP contribution in [0.4, 0.5) is 0 Å². The molecule has 0 radical (unpaired) electrons. The van der Waals surface area contributed by atoms with Crippen LogP contribution < -0.4 is 0 Å². The number of hydrogen-bond acceptors (Lipinski definition) is 3. The minimum atomic E-state index is -1.11. The lowest BCUT2D eigenvalue weighted by Crippen LogP contribution is -2.23. The fourth-order valence-corrected chi connectivity index (χ4v) is 2.96. The van der Waals surface area contributed by atoms with E-state index in [1.54, 1.807) is 12.1 Å². The SMILES string of the molecule is CCCCC(CC)CC(CCC)OC(=O)c1ccccc1C(=O)O. The minimum Gasteiger partial charge on any atom is -0.478 e. The minimum absolute atomic E-state index is 0.00391. The van der Waals surface area contributed by atoms with Gasteiger partial charge in [-0.05, 0) is 30.9 Å². The molecule has 0 spiro atoms. The molecule has 4 nitrogen and oxygen atoms in total. The second-order valence-electron chi connectivity index (χ2n) is 6.32. The average molecular weight is 334 g/mol. The molecule has 2 unspecified atom stereocenters. The van der Waals surface area contributed by atoms with E-state index in [0.717, 1.165) is 32.1 Å². The number of esters is 1. The van der Waals surface area contributed by atoms with Crippen molar-refractivity contribution in [2.45, 2.75) is 71.8 Å². The second-order valence-corrected chi connectivity index (χ2v) is 6.32. The third-order valence-electron chi connectivity index (χ3n) is 4.40. The molecule has 0 saturated carbocycles. The molecule has 4 heteroatoms. The molecular weight excluding hydrogens is 304 g/mol. The van der Waals surface area contributed by atoms with Crippen molar-refractivity contribution in [3.05, 3.63) is 35.4 Å². The highest BCUT2D eigenvalue weighted by atomic mass is 16.5. The summed E-state index contributed by atoms with van der Waals surface area (Å²) < 4.78 is 5.68. The first kappa shape index (κ1) is 20.2. The Balaban J connectivity index is 2.80. The Labute approximate surface area is 145 Å². The summed E-state index contributed by atoms with van der Waals surface area (Å²) in [6.07, 6.45) is 7.03. The number of carbonyl (C=O) groups is 2. The van der Waals surface area contributed by atoms with E-state index >= 15 is 0 Å². The summed E-state index contributed by atoms with van der Waals surface area (Å²) in [5.74, 6) is -1.09. The largest absolute Gasteiger partial charge is 0.478 e. The number of hydrogen-bond donors (Lipinski definition) is 1. The number of benzene rings is 1. The molecule has 1 aromatic carbocycles. The lowest BCUT2D eigenvalue weighted by molar-refractivity contribution is 0.0207. The van der Waals surface area contributed by atoms with Gasteiger partial charge in [-0.2, -0.15) is 0 Å². The van der Waals surface area contributed by atoms with Crippen molar-refractivity contribution in [3.63, 3.8) is 0 Å². The number of rotatable bonds is 11. The van der Waals surface area contributed by atoms with Crippen LogP contribution >= 0.6 is 0 Å². The van der Waals surface area contributed by atoms with Crippen LogP contribution in [-0.4, -0.2) is 23.1 Å². The van der Waals surface area contributed by atoms with Crippen molar-refractivity contribution in [1.82, 2.24) is 0 Å². The Morgan fingerprint density at radius 3 is 2.25 bits per heavy atom. The van der Waals surface area contributed by atoms with E-state index in [1.807, 2.05) is 0 Å². The first-order chi connectivity index (χ1) is 11.5. The summed E-state index contributed by atoms with van der Waals surface area (Å²) in [5.41, 5.74) is 0.128. The first-order valence-corrected chi connectivity index (χ1v) is 9.06. The molecule has 24 heavy (non-hydrogen) atoms. The van der Waals surface area contributed by atoms with Gasteiger partial charge in [0.2, 0.25) is 0 Å². The van der Waals surface area contributed by atoms with Crippen LogP contribution in [0.3, 0.4) is 0 Å². The van der Waals surface area contributed by atoms with E-state index in [-0.39, 0.29) is 17.2 Å². The van der Waals surface area contributed by atoms with Gasteiger partial charge in [0.15, 0.2) is 0 Å². The summed E-state index contributed by atoms with van der Waals surface area (Å²) in [6.45, 7) is 6.42. The quantitative estimate of drug-likeness (QED) is 0.556. The van der Waals surface area contributed by atoms with Crippen LogP contribution in [-0.2, 0) is 4.74 Å². The summed E-state index contributed by atoms with van der Waals surface area (Å²) >= 11 is 0. The lowest BCUT2D eigenvalue weighted by Gasteiger charge is -2.23. The standard InChI is InChI=1S/C20H30O4/c1-4-7-11-15(6-3)14-16(10-5-2)24-20(23)18-13-9-8-12-17(18)19(21)22/h8-9,12-13,15-16H,4-7,10-11,14H2,1-3H3,(H,21,22). The van der Waals surface area contributed by atoms with Gasteiger partial charge in [0.25, 0.3) is 0 Å². The maximum Gasteiger partial charge on any atom is 0.339 e. The molecular formula is C20H30O4. The van der Waals surface area contributed by atoms with Crippen molar-refractivity contribution in [2.75, 3.05) is 0 Å². The molecule has 0 aliphatic carbocycles. The van der Waals surface area contributed by atoms with E-state index < -0.39 is 11.9 Å². The van der Waals surface area contributed by atoms with Crippen molar-refractivity contribution in [2.24, 2.45) is 5.92 Å². The summed E-state index contributed by atoms with van der Waals surface area (Å²) in [4.78, 5) is 23.7. The zero-order chi connectivity index (χ0) is 17.9. The van der Waals surface area contributed by atoms with Crippen LogP contribution in [0, 0.1) is 5.92 Å². The second kappa shape index (κ2) is 10.8. The summed E-state index contributed by atoms with van der Waals surface area (Å²) in [6, 6.07) is 6.22. The Kier molecular flexibility index (Phi) is 9.13. The van der Waals surface area contributed by atoms with Gasteiger partial charge in [0.1, 0.15) is 6.10 Å². The smallest absolute Gasteiger partial charge is 0.339 e. The van der Waals surface area contributed by atoms with E-state index in [4.69, 9.17) is 4.74 Å². The zero-order valence-electron chi connectivity index (χ0n) is 15.1. The molecule has 0 aromatic heterocycles. The average Bonchev–Trinajstić information content (AvgIpc) is 2.58. The third-order valence-corrected chi connectivity index (χ3v) is 4.40. The number of carboxylic acids is 1. The Morgan fingerprint density at radius 1 is 1.04 bits per heavy atom. The molecule has 0 fully saturated rings. The van der Waals surface area contributed by atoms with E-state index in [2.05, 4.69) is 20.8 Å². The Hall–Kier alpha value is -1.84. The predicted octanol–water partition coefficient (Wildman–Crippen LogP) is 5.32. The third kappa shape index (κ3) is 6.34. The molecule has 0 heterocycles. The van der Waals surface area contributed by atoms with Gasteiger partial charge >= 0.3 is 11.9 Å². The Morgan fingerprint density at radius 2 is 1.71 bits per heavy atom. The van der Waals surface area contributed by atoms with Gasteiger partial charge in [0, 0.05) is 0 Å². The number of ether oxygens (including phenoxy) is 1. The normalized spacial score (nSPS) is 13.3. The molecule has 0 aliphatic rings. The molecule has 1 N–H and O–H groups in total. The lowest BCUT2D eigenvalue weighted by atomic mass is 9.91. The fourth-order valence-electron chi connectivity index (χ4n) is 2.96. The first-order valence-electron chi connectivity index (χ1n) is 9.06. The van der Waals surface area contributed by atoms with Crippen molar-refractivity contribution in [1.29, 1.82) is 0 Å². The summed E-state index contributed by atoms with van der Waals surface area (Å²) in [5, 5.41) is 9.22. The molecule has 1 rings (SSSR count). The maximum absolute atomic E-state index is 12.5. The highest BCUT2D eigenvalue weighted by Gasteiger charge is 2.22. The van der Waals surface area contributed by atoms with Gasteiger partial charge in [-0.25, -0.2) is 9.59 Å². The van der Waals surface area contributed by atoms with E-state index in [1.165, 1.54) is 25.0 Å². The molecule has 134 valence electrons. The Bertz CT molecular complexity index is 524. The molecule has 0 bridgehead atoms. The fraction of sp³-hybridized carbons (Fsp3) is 0.600. The highest BCUT2D eigenvalue weighted by Crippen LogP contribution is 2.23. The molecule has 1 aromatic rings. The zero-order valence-corrected chi connectivity index (χ0v) is 15.1. The van der Waals surface area contributed by atoms with Crippen LogP contribution in [0.25, 0.3) is 0 Å².